The van der Waals surface area contributed by atoms with Gasteiger partial charge in [0.05, 0.1) is 10.3 Å². The molecule has 0 unspecified atom stereocenters. The first-order valence-electron chi connectivity index (χ1n) is 5.19. The van der Waals surface area contributed by atoms with Crippen molar-refractivity contribution in [3.8, 4) is 0 Å². The van der Waals surface area contributed by atoms with Crippen molar-refractivity contribution in [1.29, 1.82) is 0 Å². The standard InChI is InChI=1S/C11H12N2O4/c12-8-5-11(6-8,10(14)15)7-1-3-9(4-2-7)13(16)17/h1-4,8H,5-6,12H2,(H,14,15). The quantitative estimate of drug-likeness (QED) is 0.602. The van der Waals surface area contributed by atoms with Gasteiger partial charge in [-0.25, -0.2) is 0 Å². The summed E-state index contributed by atoms with van der Waals surface area (Å²) in [5, 5.41) is 19.7. The number of non-ortho nitro benzene ring substituents is 1. The number of carboxylic acid groups (broad SMARTS) is 1. The number of carbonyl (C=O) groups is 1. The molecule has 3 N–H and O–H groups in total. The molecule has 6 heteroatoms. The van der Waals surface area contributed by atoms with Crippen LogP contribution in [0.25, 0.3) is 0 Å². The molecule has 0 aromatic heterocycles. The molecule has 90 valence electrons. The van der Waals surface area contributed by atoms with Gasteiger partial charge >= 0.3 is 5.97 Å². The summed E-state index contributed by atoms with van der Waals surface area (Å²) in [6.45, 7) is 0. The van der Waals surface area contributed by atoms with E-state index in [0.717, 1.165) is 0 Å². The number of nitro groups is 1. The molecule has 1 aromatic rings. The predicted molar refractivity (Wildman–Crippen MR) is 59.6 cm³/mol. The number of rotatable bonds is 3. The third kappa shape index (κ3) is 1.76. The predicted octanol–water partition coefficient (Wildman–Crippen LogP) is 1.04. The lowest BCUT2D eigenvalue weighted by atomic mass is 9.62. The first kappa shape index (κ1) is 11.5. The van der Waals surface area contributed by atoms with Crippen LogP contribution in [0.3, 0.4) is 0 Å². The van der Waals surface area contributed by atoms with Gasteiger partial charge in [0.2, 0.25) is 0 Å². The largest absolute Gasteiger partial charge is 0.481 e. The van der Waals surface area contributed by atoms with Crippen molar-refractivity contribution >= 4 is 11.7 Å². The van der Waals surface area contributed by atoms with Crippen LogP contribution >= 0.6 is 0 Å². The van der Waals surface area contributed by atoms with E-state index in [2.05, 4.69) is 0 Å². The van der Waals surface area contributed by atoms with Crippen LogP contribution in [0.15, 0.2) is 24.3 Å². The lowest BCUT2D eigenvalue weighted by molar-refractivity contribution is -0.384. The minimum absolute atomic E-state index is 0.0436. The zero-order chi connectivity index (χ0) is 12.6. The zero-order valence-electron chi connectivity index (χ0n) is 9.00. The summed E-state index contributed by atoms with van der Waals surface area (Å²) in [6.07, 6.45) is 0.750. The summed E-state index contributed by atoms with van der Waals surface area (Å²) in [7, 11) is 0. The Morgan fingerprint density at radius 3 is 2.29 bits per heavy atom. The molecular formula is C11H12N2O4. The highest BCUT2D eigenvalue weighted by Crippen LogP contribution is 2.43. The smallest absolute Gasteiger partial charge is 0.314 e. The maximum atomic E-state index is 11.3. The van der Waals surface area contributed by atoms with Crippen LogP contribution in [0.1, 0.15) is 18.4 Å². The highest BCUT2D eigenvalue weighted by Gasteiger charge is 2.50. The first-order valence-corrected chi connectivity index (χ1v) is 5.19. The van der Waals surface area contributed by atoms with Gasteiger partial charge in [-0.1, -0.05) is 12.1 Å². The molecule has 0 aliphatic heterocycles. The minimum Gasteiger partial charge on any atom is -0.481 e. The number of carboxylic acids is 1. The number of nitrogens with two attached hydrogens (primary N) is 1. The van der Waals surface area contributed by atoms with Gasteiger partial charge in [0, 0.05) is 18.2 Å². The second kappa shape index (κ2) is 3.81. The summed E-state index contributed by atoms with van der Waals surface area (Å²) in [6, 6.07) is 5.53. The van der Waals surface area contributed by atoms with Gasteiger partial charge in [-0.3, -0.25) is 14.9 Å². The molecule has 0 bridgehead atoms. The fourth-order valence-electron chi connectivity index (χ4n) is 2.27. The lowest BCUT2D eigenvalue weighted by Gasteiger charge is -2.42. The molecule has 17 heavy (non-hydrogen) atoms. The summed E-state index contributed by atoms with van der Waals surface area (Å²) in [5.74, 6) is -0.923. The maximum Gasteiger partial charge on any atom is 0.314 e. The van der Waals surface area contributed by atoms with Crippen molar-refractivity contribution in [2.75, 3.05) is 0 Å². The summed E-state index contributed by atoms with van der Waals surface area (Å²) < 4.78 is 0. The van der Waals surface area contributed by atoms with Gasteiger partial charge in [-0.05, 0) is 18.4 Å². The SMILES string of the molecule is NC1CC(C(=O)O)(c2ccc([N+](=O)[O-])cc2)C1. The molecule has 1 aliphatic rings. The third-order valence-corrected chi connectivity index (χ3v) is 3.26. The van der Waals surface area contributed by atoms with Crippen molar-refractivity contribution in [2.45, 2.75) is 24.3 Å². The summed E-state index contributed by atoms with van der Waals surface area (Å²) >= 11 is 0. The molecule has 0 saturated heterocycles. The Kier molecular flexibility index (Phi) is 2.59. The Bertz CT molecular complexity index is 463. The monoisotopic (exact) mass is 236 g/mol. The van der Waals surface area contributed by atoms with Crippen LogP contribution in [0.4, 0.5) is 5.69 Å². The molecule has 2 rings (SSSR count). The summed E-state index contributed by atoms with van der Waals surface area (Å²) in [5.41, 5.74) is 5.21. The average molecular weight is 236 g/mol. The second-order valence-corrected chi connectivity index (χ2v) is 4.36. The normalized spacial score (nSPS) is 27.2. The molecule has 1 aliphatic carbocycles. The molecule has 0 atom stereocenters. The molecule has 1 aromatic carbocycles. The van der Waals surface area contributed by atoms with Gasteiger partial charge in [0.25, 0.3) is 5.69 Å². The van der Waals surface area contributed by atoms with E-state index in [4.69, 9.17) is 5.73 Å². The van der Waals surface area contributed by atoms with E-state index >= 15 is 0 Å². The van der Waals surface area contributed by atoms with E-state index in [1.165, 1.54) is 24.3 Å². The van der Waals surface area contributed by atoms with Gasteiger partial charge in [-0.15, -0.1) is 0 Å². The zero-order valence-corrected chi connectivity index (χ0v) is 9.00. The highest BCUT2D eigenvalue weighted by molar-refractivity contribution is 5.83. The minimum atomic E-state index is -0.964. The highest BCUT2D eigenvalue weighted by atomic mass is 16.6. The number of nitrogens with zero attached hydrogens (tertiary/aromatic N) is 1. The molecule has 1 fully saturated rings. The van der Waals surface area contributed by atoms with Gasteiger partial charge < -0.3 is 10.8 Å². The first-order chi connectivity index (χ1) is 7.95. The van der Waals surface area contributed by atoms with E-state index in [1.807, 2.05) is 0 Å². The van der Waals surface area contributed by atoms with Gasteiger partial charge in [0.15, 0.2) is 0 Å². The van der Waals surface area contributed by atoms with E-state index < -0.39 is 16.3 Å². The number of benzene rings is 1. The maximum absolute atomic E-state index is 11.3. The van der Waals surface area contributed by atoms with Crippen LogP contribution in [-0.2, 0) is 10.2 Å². The summed E-state index contributed by atoms with van der Waals surface area (Å²) in [4.78, 5) is 21.3. The van der Waals surface area contributed by atoms with Crippen LogP contribution in [0.5, 0.6) is 0 Å². The molecular weight excluding hydrogens is 224 g/mol. The molecule has 0 spiro atoms. The Morgan fingerprint density at radius 2 is 1.94 bits per heavy atom. The second-order valence-electron chi connectivity index (χ2n) is 4.36. The lowest BCUT2D eigenvalue weighted by Crippen LogP contribution is -2.54. The fourth-order valence-corrected chi connectivity index (χ4v) is 2.27. The van der Waals surface area contributed by atoms with Crippen molar-refractivity contribution in [3.63, 3.8) is 0 Å². The molecule has 1 saturated carbocycles. The number of nitro benzene ring substituents is 1. The van der Waals surface area contributed by atoms with Gasteiger partial charge in [-0.2, -0.15) is 0 Å². The number of hydrogen-bond acceptors (Lipinski definition) is 4. The molecule has 0 radical (unpaired) electrons. The number of aliphatic carboxylic acids is 1. The van der Waals surface area contributed by atoms with Crippen LogP contribution < -0.4 is 5.73 Å². The number of hydrogen-bond donors (Lipinski definition) is 2. The van der Waals surface area contributed by atoms with Crippen molar-refractivity contribution in [1.82, 2.24) is 0 Å². The van der Waals surface area contributed by atoms with E-state index in [0.29, 0.717) is 18.4 Å². The Morgan fingerprint density at radius 1 is 1.41 bits per heavy atom. The fraction of sp³-hybridized carbons (Fsp3) is 0.364. The average Bonchev–Trinajstić information content (AvgIpc) is 2.24. The molecule has 0 heterocycles. The van der Waals surface area contributed by atoms with Crippen LogP contribution in [-0.4, -0.2) is 22.0 Å². The van der Waals surface area contributed by atoms with E-state index in [9.17, 15) is 20.0 Å². The Hall–Kier alpha value is -1.95. The Labute approximate surface area is 97.2 Å². The molecule has 6 nitrogen and oxygen atoms in total. The van der Waals surface area contributed by atoms with Crippen LogP contribution in [0.2, 0.25) is 0 Å². The van der Waals surface area contributed by atoms with Crippen molar-refractivity contribution in [3.05, 3.63) is 39.9 Å². The molecule has 0 amide bonds. The Balaban J connectivity index is 2.33. The topological polar surface area (TPSA) is 106 Å². The van der Waals surface area contributed by atoms with E-state index in [-0.39, 0.29) is 11.7 Å². The third-order valence-electron chi connectivity index (χ3n) is 3.26. The van der Waals surface area contributed by atoms with Crippen LogP contribution in [0, 0.1) is 10.1 Å². The van der Waals surface area contributed by atoms with Crippen molar-refractivity contribution in [2.24, 2.45) is 5.73 Å². The van der Waals surface area contributed by atoms with Crippen molar-refractivity contribution < 1.29 is 14.8 Å². The van der Waals surface area contributed by atoms with E-state index in [1.54, 1.807) is 0 Å². The van der Waals surface area contributed by atoms with Gasteiger partial charge in [0.1, 0.15) is 0 Å².